The molecule has 8 heteroatoms. The van der Waals surface area contributed by atoms with E-state index in [-0.39, 0.29) is 17.6 Å². The SMILES string of the molecule is C=C(C)C(=O)O[C@@H]1C2=C(C)[C@@H](OC(C)=O)C[C@H](OC(C)=O)[C@@]2(C)C[C@H]2OC(=O)C(=C)[C@@H]12. The van der Waals surface area contributed by atoms with E-state index in [1.165, 1.54) is 20.8 Å². The molecule has 0 aromatic carbocycles. The average Bonchev–Trinajstić information content (AvgIpc) is 2.91. The third kappa shape index (κ3) is 3.91. The van der Waals surface area contributed by atoms with Gasteiger partial charge in [0, 0.05) is 36.8 Å². The van der Waals surface area contributed by atoms with Crippen molar-refractivity contribution in [1.82, 2.24) is 0 Å². The molecule has 0 amide bonds. The summed E-state index contributed by atoms with van der Waals surface area (Å²) in [4.78, 5) is 48.4. The summed E-state index contributed by atoms with van der Waals surface area (Å²) in [5, 5.41) is 0. The Bertz CT molecular complexity index is 913. The summed E-state index contributed by atoms with van der Waals surface area (Å²) in [5.41, 5.74) is 0.962. The predicted octanol–water partition coefficient (Wildman–Crippen LogP) is 2.57. The maximum absolute atomic E-state index is 12.5. The lowest BCUT2D eigenvalue weighted by molar-refractivity contribution is -0.170. The zero-order chi connectivity index (χ0) is 23.2. The number of hydrogen-bond donors (Lipinski definition) is 0. The summed E-state index contributed by atoms with van der Waals surface area (Å²) in [5.74, 6) is -2.74. The van der Waals surface area contributed by atoms with Crippen molar-refractivity contribution in [3.05, 3.63) is 35.5 Å². The Morgan fingerprint density at radius 1 is 1.10 bits per heavy atom. The predicted molar refractivity (Wildman–Crippen MR) is 108 cm³/mol. The number of rotatable bonds is 4. The summed E-state index contributed by atoms with van der Waals surface area (Å²) < 4.78 is 22.5. The fourth-order valence-corrected chi connectivity index (χ4v) is 5.07. The number of esters is 4. The Hall–Kier alpha value is -2.90. The third-order valence-electron chi connectivity index (χ3n) is 6.42. The van der Waals surface area contributed by atoms with Crippen molar-refractivity contribution < 1.29 is 38.1 Å². The Morgan fingerprint density at radius 3 is 2.26 bits per heavy atom. The van der Waals surface area contributed by atoms with Gasteiger partial charge < -0.3 is 18.9 Å². The molecule has 1 saturated carbocycles. The largest absolute Gasteiger partial charge is 0.461 e. The Labute approximate surface area is 181 Å². The van der Waals surface area contributed by atoms with E-state index in [9.17, 15) is 19.2 Å². The molecule has 3 rings (SSSR count). The van der Waals surface area contributed by atoms with Crippen LogP contribution in [0.25, 0.3) is 0 Å². The lowest BCUT2D eigenvalue weighted by Gasteiger charge is -2.52. The highest BCUT2D eigenvalue weighted by Gasteiger charge is 2.61. The molecular weight excluding hydrogens is 404 g/mol. The zero-order valence-corrected chi connectivity index (χ0v) is 18.5. The smallest absolute Gasteiger partial charge is 0.334 e. The van der Waals surface area contributed by atoms with Crippen molar-refractivity contribution in [1.29, 1.82) is 0 Å². The van der Waals surface area contributed by atoms with Gasteiger partial charge in [0.15, 0.2) is 0 Å². The van der Waals surface area contributed by atoms with Crippen LogP contribution in [0, 0.1) is 11.3 Å². The summed E-state index contributed by atoms with van der Waals surface area (Å²) >= 11 is 0. The van der Waals surface area contributed by atoms with E-state index < -0.39 is 59.6 Å². The molecule has 0 bridgehead atoms. The molecule has 0 N–H and O–H groups in total. The molecule has 8 nitrogen and oxygen atoms in total. The number of carbonyl (C=O) groups excluding carboxylic acids is 4. The first-order chi connectivity index (χ1) is 14.4. The third-order valence-corrected chi connectivity index (χ3v) is 6.42. The second-order valence-corrected chi connectivity index (χ2v) is 8.75. The van der Waals surface area contributed by atoms with Crippen LogP contribution in [0.4, 0.5) is 0 Å². The standard InChI is InChI=1S/C23H28O8/c1-10(2)21(26)31-20-18-12(4)22(27)30-16(18)9-23(7)17(29-14(6)25)8-15(28-13(5)24)11(3)19(20)23/h15-18,20H,1,4,8-9H2,2-3,5-7H3/t15-,16+,17-,18+,20-,23+/m0/s1. The van der Waals surface area contributed by atoms with Gasteiger partial charge in [-0.1, -0.05) is 20.1 Å². The first kappa shape index (κ1) is 22.8. The van der Waals surface area contributed by atoms with Crippen LogP contribution in [-0.4, -0.2) is 48.3 Å². The summed E-state index contributed by atoms with van der Waals surface area (Å²) in [6.07, 6.45) is -2.23. The molecule has 1 heterocycles. The Kier molecular flexibility index (Phi) is 5.86. The van der Waals surface area contributed by atoms with Crippen LogP contribution in [0.15, 0.2) is 35.5 Å². The van der Waals surface area contributed by atoms with Gasteiger partial charge in [-0.3, -0.25) is 9.59 Å². The number of ether oxygens (including phenoxy) is 4. The van der Waals surface area contributed by atoms with Crippen molar-refractivity contribution in [2.45, 2.75) is 71.9 Å². The highest BCUT2D eigenvalue weighted by Crippen LogP contribution is 2.57. The fourth-order valence-electron chi connectivity index (χ4n) is 5.07. The second kappa shape index (κ2) is 7.98. The van der Waals surface area contributed by atoms with Gasteiger partial charge in [-0.25, -0.2) is 9.59 Å². The molecule has 3 aliphatic rings. The molecule has 6 atom stereocenters. The average molecular weight is 432 g/mol. The van der Waals surface area contributed by atoms with Crippen molar-refractivity contribution >= 4 is 23.9 Å². The number of fused-ring (bicyclic) bond motifs is 2. The summed E-state index contributed by atoms with van der Waals surface area (Å²) in [7, 11) is 0. The maximum atomic E-state index is 12.5. The van der Waals surface area contributed by atoms with Crippen LogP contribution in [0.3, 0.4) is 0 Å². The van der Waals surface area contributed by atoms with E-state index in [0.717, 1.165) is 0 Å². The molecule has 0 radical (unpaired) electrons. The van der Waals surface area contributed by atoms with Crippen molar-refractivity contribution in [2.24, 2.45) is 11.3 Å². The molecule has 0 aromatic heterocycles. The molecule has 1 aliphatic heterocycles. The number of carbonyl (C=O) groups is 4. The van der Waals surface area contributed by atoms with Crippen LogP contribution in [0.5, 0.6) is 0 Å². The molecule has 2 fully saturated rings. The van der Waals surface area contributed by atoms with Gasteiger partial charge in [0.1, 0.15) is 24.4 Å². The molecule has 1 saturated heterocycles. The lowest BCUT2D eigenvalue weighted by atomic mass is 9.57. The lowest BCUT2D eigenvalue weighted by Crippen LogP contribution is -2.56. The van der Waals surface area contributed by atoms with Crippen LogP contribution in [-0.2, 0) is 38.1 Å². The Morgan fingerprint density at radius 2 is 1.71 bits per heavy atom. The zero-order valence-electron chi connectivity index (χ0n) is 18.5. The van der Waals surface area contributed by atoms with Crippen LogP contribution in [0.1, 0.15) is 47.5 Å². The van der Waals surface area contributed by atoms with Gasteiger partial charge in [0.2, 0.25) is 0 Å². The minimum absolute atomic E-state index is 0.196. The highest BCUT2D eigenvalue weighted by atomic mass is 16.6. The van der Waals surface area contributed by atoms with Gasteiger partial charge in [-0.15, -0.1) is 0 Å². The monoisotopic (exact) mass is 432 g/mol. The molecular formula is C23H28O8. The van der Waals surface area contributed by atoms with E-state index in [4.69, 9.17) is 18.9 Å². The van der Waals surface area contributed by atoms with Crippen LogP contribution in [0.2, 0.25) is 0 Å². The molecule has 31 heavy (non-hydrogen) atoms. The van der Waals surface area contributed by atoms with Gasteiger partial charge in [0.25, 0.3) is 0 Å². The van der Waals surface area contributed by atoms with Gasteiger partial charge in [-0.05, 0) is 31.4 Å². The van der Waals surface area contributed by atoms with Crippen molar-refractivity contribution in [3.8, 4) is 0 Å². The van der Waals surface area contributed by atoms with Gasteiger partial charge in [-0.2, -0.15) is 0 Å². The summed E-state index contributed by atoms with van der Waals surface area (Å²) in [6, 6.07) is 0. The minimum Gasteiger partial charge on any atom is -0.461 e. The van der Waals surface area contributed by atoms with Gasteiger partial charge in [0.05, 0.1) is 5.92 Å². The fraction of sp³-hybridized carbons (Fsp3) is 0.565. The van der Waals surface area contributed by atoms with E-state index >= 15 is 0 Å². The van der Waals surface area contributed by atoms with E-state index in [2.05, 4.69) is 13.2 Å². The van der Waals surface area contributed by atoms with E-state index in [1.807, 2.05) is 6.92 Å². The molecule has 2 aliphatic carbocycles. The normalized spacial score (nSPS) is 34.3. The molecule has 168 valence electrons. The topological polar surface area (TPSA) is 105 Å². The second-order valence-electron chi connectivity index (χ2n) is 8.75. The van der Waals surface area contributed by atoms with Crippen molar-refractivity contribution in [2.75, 3.05) is 0 Å². The van der Waals surface area contributed by atoms with Gasteiger partial charge >= 0.3 is 23.9 Å². The molecule has 0 spiro atoms. The van der Waals surface area contributed by atoms with Crippen molar-refractivity contribution in [3.63, 3.8) is 0 Å². The Balaban J connectivity index is 2.19. The summed E-state index contributed by atoms with van der Waals surface area (Å²) in [6.45, 7) is 15.3. The highest BCUT2D eigenvalue weighted by molar-refractivity contribution is 5.92. The molecule has 0 aromatic rings. The van der Waals surface area contributed by atoms with Crippen LogP contribution < -0.4 is 0 Å². The van der Waals surface area contributed by atoms with E-state index in [0.29, 0.717) is 17.6 Å². The minimum atomic E-state index is -0.900. The maximum Gasteiger partial charge on any atom is 0.334 e. The quantitative estimate of drug-likeness (QED) is 0.289. The molecule has 0 unspecified atom stereocenters. The van der Waals surface area contributed by atoms with Crippen LogP contribution >= 0.6 is 0 Å². The first-order valence-electron chi connectivity index (χ1n) is 10.2. The number of hydrogen-bond acceptors (Lipinski definition) is 8. The van der Waals surface area contributed by atoms with E-state index in [1.54, 1.807) is 6.92 Å². The first-order valence-corrected chi connectivity index (χ1v) is 10.2.